The van der Waals surface area contributed by atoms with Gasteiger partial charge >= 0.3 is 6.03 Å². The van der Waals surface area contributed by atoms with Gasteiger partial charge in [-0.1, -0.05) is 48.5 Å². The zero-order valence-corrected chi connectivity index (χ0v) is 19.5. The number of nitrogens with one attached hydrogen (secondary N) is 1. The summed E-state index contributed by atoms with van der Waals surface area (Å²) in [7, 11) is 0. The summed E-state index contributed by atoms with van der Waals surface area (Å²) in [5.41, 5.74) is 2.70. The van der Waals surface area contributed by atoms with Gasteiger partial charge < -0.3 is 10.2 Å². The number of anilines is 2. The average Bonchev–Trinajstić information content (AvgIpc) is 3.35. The Labute approximate surface area is 206 Å². The summed E-state index contributed by atoms with van der Waals surface area (Å²) in [4.78, 5) is 41.9. The van der Waals surface area contributed by atoms with E-state index in [4.69, 9.17) is 0 Å². The van der Waals surface area contributed by atoms with Gasteiger partial charge in [-0.2, -0.15) is 0 Å². The molecule has 5 rings (SSSR count). The maximum Gasteiger partial charge on any atom is 0.332 e. The number of hydrogen-bond donors (Lipinski definition) is 1. The highest BCUT2D eigenvalue weighted by atomic mass is 32.2. The molecule has 1 saturated heterocycles. The first kappa shape index (κ1) is 22.9. The SMILES string of the molecule is O=C(Cc1ccc(N2C(=O)C3SC=CC3N(Cc3ccc(F)cc3)C2=O)cc1)Nc1ccccc1. The highest BCUT2D eigenvalue weighted by Crippen LogP contribution is 2.37. The molecule has 0 aromatic heterocycles. The Balaban J connectivity index is 1.33. The number of carbonyl (C=O) groups is 3. The highest BCUT2D eigenvalue weighted by molar-refractivity contribution is 8.03. The third kappa shape index (κ3) is 4.83. The van der Waals surface area contributed by atoms with Gasteiger partial charge in [0.15, 0.2) is 0 Å². The first-order valence-electron chi connectivity index (χ1n) is 11.1. The quantitative estimate of drug-likeness (QED) is 0.533. The Morgan fingerprint density at radius 1 is 0.914 bits per heavy atom. The van der Waals surface area contributed by atoms with Crippen LogP contribution in [0.1, 0.15) is 11.1 Å². The van der Waals surface area contributed by atoms with Crippen molar-refractivity contribution in [3.63, 3.8) is 0 Å². The van der Waals surface area contributed by atoms with Crippen molar-refractivity contribution < 1.29 is 18.8 Å². The molecule has 2 atom stereocenters. The number of carbonyl (C=O) groups excluding carboxylic acids is 3. The van der Waals surface area contributed by atoms with E-state index in [1.807, 2.05) is 41.8 Å². The van der Waals surface area contributed by atoms with Gasteiger partial charge in [-0.25, -0.2) is 14.1 Å². The molecule has 1 N–H and O–H groups in total. The van der Waals surface area contributed by atoms with Gasteiger partial charge in [-0.05, 0) is 52.9 Å². The minimum atomic E-state index is -0.440. The average molecular weight is 488 g/mol. The summed E-state index contributed by atoms with van der Waals surface area (Å²) < 4.78 is 13.3. The summed E-state index contributed by atoms with van der Waals surface area (Å²) in [6.07, 6.45) is 2.03. The lowest BCUT2D eigenvalue weighted by Crippen LogP contribution is -2.61. The van der Waals surface area contributed by atoms with Crippen LogP contribution in [-0.4, -0.2) is 34.0 Å². The van der Waals surface area contributed by atoms with Gasteiger partial charge in [-0.15, -0.1) is 11.8 Å². The number of para-hydroxylation sites is 1. The molecule has 0 spiro atoms. The lowest BCUT2D eigenvalue weighted by Gasteiger charge is -2.41. The minimum absolute atomic E-state index is 0.157. The van der Waals surface area contributed by atoms with Gasteiger partial charge in [0.05, 0.1) is 18.2 Å². The first-order valence-corrected chi connectivity index (χ1v) is 12.1. The maximum absolute atomic E-state index is 13.5. The predicted molar refractivity (Wildman–Crippen MR) is 134 cm³/mol. The Morgan fingerprint density at radius 2 is 1.60 bits per heavy atom. The van der Waals surface area contributed by atoms with E-state index in [0.29, 0.717) is 5.69 Å². The molecule has 2 aliphatic rings. The Kier molecular flexibility index (Phi) is 6.37. The number of halogens is 1. The summed E-state index contributed by atoms with van der Waals surface area (Å²) in [6, 6.07) is 21.3. The fourth-order valence-electron chi connectivity index (χ4n) is 4.21. The highest BCUT2D eigenvalue weighted by Gasteiger charge is 2.47. The molecular formula is C27H22FN3O3S. The smallest absolute Gasteiger partial charge is 0.326 e. The van der Waals surface area contributed by atoms with Crippen molar-refractivity contribution in [1.82, 2.24) is 4.90 Å². The molecule has 0 aliphatic carbocycles. The number of imide groups is 1. The fraction of sp³-hybridized carbons (Fsp3) is 0.148. The second-order valence-electron chi connectivity index (χ2n) is 8.34. The normalized spacial score (nSPS) is 19.1. The van der Waals surface area contributed by atoms with E-state index in [0.717, 1.165) is 16.8 Å². The molecule has 35 heavy (non-hydrogen) atoms. The van der Waals surface area contributed by atoms with Crippen molar-refractivity contribution in [1.29, 1.82) is 0 Å². The maximum atomic E-state index is 13.5. The summed E-state index contributed by atoms with van der Waals surface area (Å²) in [6.45, 7) is 0.257. The van der Waals surface area contributed by atoms with Crippen LogP contribution >= 0.6 is 11.8 Å². The van der Waals surface area contributed by atoms with Crippen molar-refractivity contribution in [3.05, 3.63) is 107 Å². The Morgan fingerprint density at radius 3 is 2.31 bits per heavy atom. The number of nitrogens with zero attached hydrogens (tertiary/aromatic N) is 2. The van der Waals surface area contributed by atoms with Crippen LogP contribution in [0.4, 0.5) is 20.6 Å². The van der Waals surface area contributed by atoms with Gasteiger partial charge in [0, 0.05) is 12.2 Å². The van der Waals surface area contributed by atoms with Crippen LogP contribution in [0.3, 0.4) is 0 Å². The van der Waals surface area contributed by atoms with E-state index < -0.39 is 11.3 Å². The molecule has 176 valence electrons. The molecule has 0 radical (unpaired) electrons. The molecule has 3 aromatic rings. The van der Waals surface area contributed by atoms with E-state index in [2.05, 4.69) is 5.32 Å². The van der Waals surface area contributed by atoms with Gasteiger partial charge in [0.25, 0.3) is 5.91 Å². The zero-order valence-electron chi connectivity index (χ0n) is 18.6. The molecule has 8 heteroatoms. The molecule has 2 heterocycles. The fourth-order valence-corrected chi connectivity index (χ4v) is 5.25. The van der Waals surface area contributed by atoms with Crippen LogP contribution in [0.2, 0.25) is 0 Å². The van der Waals surface area contributed by atoms with Crippen molar-refractivity contribution >= 4 is 41.0 Å². The van der Waals surface area contributed by atoms with E-state index in [-0.39, 0.29) is 36.6 Å². The van der Waals surface area contributed by atoms with Crippen LogP contribution in [0.5, 0.6) is 0 Å². The topological polar surface area (TPSA) is 69.7 Å². The van der Waals surface area contributed by atoms with E-state index >= 15 is 0 Å². The molecule has 0 bridgehead atoms. The van der Waals surface area contributed by atoms with Gasteiger partial charge in [0.2, 0.25) is 5.91 Å². The number of urea groups is 1. The summed E-state index contributed by atoms with van der Waals surface area (Å²) in [5, 5.41) is 4.25. The van der Waals surface area contributed by atoms with Crippen LogP contribution in [-0.2, 0) is 22.6 Å². The van der Waals surface area contributed by atoms with Crippen molar-refractivity contribution in [3.8, 4) is 0 Å². The number of hydrogen-bond acceptors (Lipinski definition) is 4. The van der Waals surface area contributed by atoms with Crippen molar-refractivity contribution in [2.75, 3.05) is 10.2 Å². The third-order valence-corrected chi connectivity index (χ3v) is 7.04. The molecule has 4 amide bonds. The monoisotopic (exact) mass is 487 g/mol. The van der Waals surface area contributed by atoms with Crippen LogP contribution in [0.15, 0.2) is 90.3 Å². The summed E-state index contributed by atoms with van der Waals surface area (Å²) in [5.74, 6) is -0.780. The predicted octanol–water partition coefficient (Wildman–Crippen LogP) is 4.97. The lowest BCUT2D eigenvalue weighted by atomic mass is 10.0. The largest absolute Gasteiger partial charge is 0.332 e. The number of amides is 4. The third-order valence-electron chi connectivity index (χ3n) is 5.95. The molecule has 2 unspecified atom stereocenters. The minimum Gasteiger partial charge on any atom is -0.326 e. The Bertz CT molecular complexity index is 1280. The van der Waals surface area contributed by atoms with Gasteiger partial charge in [0.1, 0.15) is 11.1 Å². The number of thioether (sulfide) groups is 1. The molecular weight excluding hydrogens is 465 g/mol. The molecule has 1 fully saturated rings. The van der Waals surface area contributed by atoms with Crippen LogP contribution < -0.4 is 10.2 Å². The molecule has 0 saturated carbocycles. The number of benzene rings is 3. The van der Waals surface area contributed by atoms with E-state index in [1.54, 1.807) is 41.3 Å². The van der Waals surface area contributed by atoms with Crippen molar-refractivity contribution in [2.24, 2.45) is 0 Å². The summed E-state index contributed by atoms with van der Waals surface area (Å²) >= 11 is 1.39. The second kappa shape index (κ2) is 9.76. The van der Waals surface area contributed by atoms with Crippen LogP contribution in [0, 0.1) is 5.82 Å². The lowest BCUT2D eigenvalue weighted by molar-refractivity contribution is -0.119. The second-order valence-corrected chi connectivity index (χ2v) is 9.40. The Hall–Kier alpha value is -3.91. The van der Waals surface area contributed by atoms with Gasteiger partial charge in [-0.3, -0.25) is 9.59 Å². The standard InChI is InChI=1S/C27H22FN3O3S/c28-20-10-6-19(7-11-20)17-30-23-14-15-35-25(23)26(33)31(27(30)34)22-12-8-18(9-13-22)16-24(32)29-21-4-2-1-3-5-21/h1-15,23,25H,16-17H2,(H,29,32). The number of fused-ring (bicyclic) bond motifs is 1. The molecule has 2 aliphatic heterocycles. The van der Waals surface area contributed by atoms with E-state index in [1.165, 1.54) is 28.8 Å². The zero-order chi connectivity index (χ0) is 24.4. The molecule has 3 aromatic carbocycles. The van der Waals surface area contributed by atoms with E-state index in [9.17, 15) is 18.8 Å². The first-order chi connectivity index (χ1) is 17.0. The molecule has 6 nitrogen and oxygen atoms in total. The van der Waals surface area contributed by atoms with Crippen molar-refractivity contribution in [2.45, 2.75) is 24.3 Å². The van der Waals surface area contributed by atoms with Crippen LogP contribution in [0.25, 0.3) is 0 Å². The number of rotatable bonds is 6.